The van der Waals surface area contributed by atoms with E-state index in [2.05, 4.69) is 20.8 Å². The van der Waals surface area contributed by atoms with Gasteiger partial charge in [-0.3, -0.25) is 19.7 Å². The third kappa shape index (κ3) is 5.79. The Kier molecular flexibility index (Phi) is 6.82. The van der Waals surface area contributed by atoms with Crippen molar-refractivity contribution in [2.45, 2.75) is 12.1 Å². The molecule has 0 aliphatic heterocycles. The van der Waals surface area contributed by atoms with Crippen molar-refractivity contribution < 1.29 is 23.7 Å². The van der Waals surface area contributed by atoms with Crippen LogP contribution in [0.15, 0.2) is 52.1 Å². The second kappa shape index (κ2) is 9.71. The third-order valence-corrected chi connectivity index (χ3v) is 4.65. The van der Waals surface area contributed by atoms with Crippen LogP contribution < -0.4 is 15.4 Å². The van der Waals surface area contributed by atoms with E-state index in [1.54, 1.807) is 24.3 Å². The first-order valence-corrected chi connectivity index (χ1v) is 9.81. The molecule has 3 aromatic rings. The van der Waals surface area contributed by atoms with Crippen LogP contribution in [0.1, 0.15) is 6.92 Å². The van der Waals surface area contributed by atoms with Crippen LogP contribution in [0.2, 0.25) is 0 Å². The zero-order chi connectivity index (χ0) is 22.4. The van der Waals surface area contributed by atoms with Gasteiger partial charge in [-0.1, -0.05) is 17.8 Å². The van der Waals surface area contributed by atoms with Crippen LogP contribution in [0.4, 0.5) is 17.1 Å². The largest absolute Gasteiger partial charge is 0.495 e. The molecule has 2 amide bonds. The fourth-order valence-electron chi connectivity index (χ4n) is 2.54. The van der Waals surface area contributed by atoms with E-state index in [9.17, 15) is 19.7 Å². The fraction of sp³-hybridized carbons (Fsp3) is 0.158. The van der Waals surface area contributed by atoms with Gasteiger partial charge >= 0.3 is 0 Å². The van der Waals surface area contributed by atoms with E-state index in [-0.39, 0.29) is 34.1 Å². The Hall–Kier alpha value is -3.93. The third-order valence-electron chi connectivity index (χ3n) is 3.83. The Balaban J connectivity index is 1.63. The Bertz CT molecular complexity index is 1130. The lowest BCUT2D eigenvalue weighted by Crippen LogP contribution is -2.14. The number of hydrogen-bond donors (Lipinski definition) is 2. The monoisotopic (exact) mass is 443 g/mol. The Morgan fingerprint density at radius 3 is 2.71 bits per heavy atom. The zero-order valence-corrected chi connectivity index (χ0v) is 17.3. The number of amides is 2. The SMILES string of the molecule is COc1ccc([N+](=O)[O-])cc1NC(=O)CSc1nnc(-c2cccc(NC(C)=O)c2)o1. The molecule has 1 heterocycles. The first-order valence-electron chi connectivity index (χ1n) is 8.82. The molecule has 0 spiro atoms. The van der Waals surface area contributed by atoms with Crippen molar-refractivity contribution in [2.75, 3.05) is 23.5 Å². The first kappa shape index (κ1) is 21.8. The maximum absolute atomic E-state index is 12.3. The Labute approximate surface area is 180 Å². The summed E-state index contributed by atoms with van der Waals surface area (Å²) in [5.41, 5.74) is 1.20. The molecule has 0 unspecified atom stereocenters. The van der Waals surface area contributed by atoms with Crippen molar-refractivity contribution in [3.8, 4) is 17.2 Å². The number of rotatable bonds is 8. The van der Waals surface area contributed by atoms with Gasteiger partial charge in [0.1, 0.15) is 5.75 Å². The highest BCUT2D eigenvalue weighted by Crippen LogP contribution is 2.30. The summed E-state index contributed by atoms with van der Waals surface area (Å²) < 4.78 is 10.7. The van der Waals surface area contributed by atoms with Gasteiger partial charge in [-0.2, -0.15) is 0 Å². The van der Waals surface area contributed by atoms with E-state index in [4.69, 9.17) is 9.15 Å². The van der Waals surface area contributed by atoms with E-state index in [1.807, 2.05) is 0 Å². The number of anilines is 2. The highest BCUT2D eigenvalue weighted by molar-refractivity contribution is 7.99. The smallest absolute Gasteiger partial charge is 0.277 e. The summed E-state index contributed by atoms with van der Waals surface area (Å²) in [4.78, 5) is 33.8. The number of ether oxygens (including phenoxy) is 1. The highest BCUT2D eigenvalue weighted by atomic mass is 32.2. The van der Waals surface area contributed by atoms with E-state index in [0.717, 1.165) is 11.8 Å². The normalized spacial score (nSPS) is 10.4. The summed E-state index contributed by atoms with van der Waals surface area (Å²) in [6, 6.07) is 10.8. The van der Waals surface area contributed by atoms with E-state index >= 15 is 0 Å². The van der Waals surface area contributed by atoms with Crippen molar-refractivity contribution in [2.24, 2.45) is 0 Å². The summed E-state index contributed by atoms with van der Waals surface area (Å²) in [7, 11) is 1.40. The van der Waals surface area contributed by atoms with Crippen molar-refractivity contribution in [1.82, 2.24) is 10.2 Å². The van der Waals surface area contributed by atoms with Crippen LogP contribution in [0, 0.1) is 10.1 Å². The number of benzene rings is 2. The van der Waals surface area contributed by atoms with Crippen molar-refractivity contribution in [3.63, 3.8) is 0 Å². The molecule has 0 radical (unpaired) electrons. The number of non-ortho nitro benzene ring substituents is 1. The van der Waals surface area contributed by atoms with Crippen LogP contribution >= 0.6 is 11.8 Å². The minimum atomic E-state index is -0.565. The van der Waals surface area contributed by atoms with Gasteiger partial charge in [0, 0.05) is 30.3 Å². The minimum Gasteiger partial charge on any atom is -0.495 e. The molecule has 0 saturated heterocycles. The topological polar surface area (TPSA) is 149 Å². The molecule has 12 heteroatoms. The predicted octanol–water partition coefficient (Wildman–Crippen LogP) is 3.34. The maximum atomic E-state index is 12.3. The molecule has 0 atom stereocenters. The molecular formula is C19H17N5O6S. The van der Waals surface area contributed by atoms with Gasteiger partial charge in [-0.25, -0.2) is 0 Å². The van der Waals surface area contributed by atoms with Gasteiger partial charge in [-0.15, -0.1) is 10.2 Å². The number of nitrogens with one attached hydrogen (secondary N) is 2. The minimum absolute atomic E-state index is 0.0700. The van der Waals surface area contributed by atoms with Crippen molar-refractivity contribution in [3.05, 3.63) is 52.6 Å². The lowest BCUT2D eigenvalue weighted by molar-refractivity contribution is -0.384. The predicted molar refractivity (Wildman–Crippen MR) is 113 cm³/mol. The van der Waals surface area contributed by atoms with Crippen LogP contribution in [0.3, 0.4) is 0 Å². The van der Waals surface area contributed by atoms with Gasteiger partial charge in [0.2, 0.25) is 17.7 Å². The zero-order valence-electron chi connectivity index (χ0n) is 16.4. The van der Waals surface area contributed by atoms with Crippen molar-refractivity contribution in [1.29, 1.82) is 0 Å². The second-order valence-corrected chi connectivity index (χ2v) is 7.04. The number of carbonyl (C=O) groups excluding carboxylic acids is 2. The summed E-state index contributed by atoms with van der Waals surface area (Å²) in [5.74, 6) is -0.181. The number of methoxy groups -OCH3 is 1. The number of nitro groups is 1. The lowest BCUT2D eigenvalue weighted by Gasteiger charge is -2.09. The van der Waals surface area contributed by atoms with Crippen molar-refractivity contribution >= 4 is 40.6 Å². The van der Waals surface area contributed by atoms with Gasteiger partial charge < -0.3 is 19.8 Å². The quantitative estimate of drug-likeness (QED) is 0.303. The fourth-order valence-corrected chi connectivity index (χ4v) is 3.10. The molecule has 1 aromatic heterocycles. The number of hydrogen-bond acceptors (Lipinski definition) is 9. The van der Waals surface area contributed by atoms with Crippen LogP contribution in [0.5, 0.6) is 5.75 Å². The molecule has 2 aromatic carbocycles. The Morgan fingerprint density at radius 2 is 2.00 bits per heavy atom. The van der Waals surface area contributed by atoms with Gasteiger partial charge in [-0.05, 0) is 24.3 Å². The molecule has 0 saturated carbocycles. The average Bonchev–Trinajstić information content (AvgIpc) is 3.21. The molecular weight excluding hydrogens is 426 g/mol. The number of carbonyl (C=O) groups is 2. The van der Waals surface area contributed by atoms with Crippen LogP contribution in [0.25, 0.3) is 11.5 Å². The molecule has 0 aliphatic rings. The molecule has 0 fully saturated rings. The number of thioether (sulfide) groups is 1. The summed E-state index contributed by atoms with van der Waals surface area (Å²) in [5, 5.41) is 24.2. The van der Waals surface area contributed by atoms with E-state index < -0.39 is 10.8 Å². The summed E-state index contributed by atoms with van der Waals surface area (Å²) in [6.45, 7) is 1.41. The molecule has 2 N–H and O–H groups in total. The van der Waals surface area contributed by atoms with E-state index in [1.165, 1.54) is 32.2 Å². The van der Waals surface area contributed by atoms with E-state index in [0.29, 0.717) is 17.0 Å². The molecule has 3 rings (SSSR count). The molecule has 160 valence electrons. The molecule has 31 heavy (non-hydrogen) atoms. The summed E-state index contributed by atoms with van der Waals surface area (Å²) in [6.07, 6.45) is 0. The highest BCUT2D eigenvalue weighted by Gasteiger charge is 2.16. The molecule has 0 bridgehead atoms. The van der Waals surface area contributed by atoms with Gasteiger partial charge in [0.15, 0.2) is 0 Å². The van der Waals surface area contributed by atoms with Crippen LogP contribution in [-0.4, -0.2) is 39.8 Å². The maximum Gasteiger partial charge on any atom is 0.277 e. The number of nitro benzene ring substituents is 1. The summed E-state index contributed by atoms with van der Waals surface area (Å²) >= 11 is 1.01. The first-order chi connectivity index (χ1) is 14.9. The Morgan fingerprint density at radius 1 is 1.19 bits per heavy atom. The molecule has 11 nitrogen and oxygen atoms in total. The molecule has 0 aliphatic carbocycles. The number of nitrogens with zero attached hydrogens (tertiary/aromatic N) is 3. The standard InChI is InChI=1S/C19H17N5O6S/c1-11(25)20-13-5-3-4-12(8-13)18-22-23-19(30-18)31-10-17(26)21-15-9-14(24(27)28)6-7-16(15)29-2/h3-9H,10H2,1-2H3,(H,20,25)(H,21,26). The van der Waals surface area contributed by atoms with Gasteiger partial charge in [0.05, 0.1) is 23.5 Å². The lowest BCUT2D eigenvalue weighted by atomic mass is 10.2. The van der Waals surface area contributed by atoms with Crippen LogP contribution in [-0.2, 0) is 9.59 Å². The van der Waals surface area contributed by atoms with Gasteiger partial charge in [0.25, 0.3) is 10.9 Å². The average molecular weight is 443 g/mol. The second-order valence-electron chi connectivity index (χ2n) is 6.11. The number of aromatic nitrogens is 2.